The van der Waals surface area contributed by atoms with E-state index in [0.717, 1.165) is 22.6 Å². The molecule has 154 valence electrons. The highest BCUT2D eigenvalue weighted by atomic mass is 32.2. The van der Waals surface area contributed by atoms with E-state index in [0.29, 0.717) is 11.6 Å². The fraction of sp³-hybridized carbons (Fsp3) is 0.0833. The highest BCUT2D eigenvalue weighted by Gasteiger charge is 2.16. The Morgan fingerprint density at radius 3 is 2.26 bits per heavy atom. The molecule has 4 rings (SSSR count). The van der Waals surface area contributed by atoms with Crippen molar-refractivity contribution in [3.63, 3.8) is 0 Å². The van der Waals surface area contributed by atoms with Crippen LogP contribution in [0.4, 0.5) is 0 Å². The van der Waals surface area contributed by atoms with Crippen molar-refractivity contribution in [3.05, 3.63) is 108 Å². The lowest BCUT2D eigenvalue weighted by Crippen LogP contribution is -2.20. The minimum Gasteiger partial charge on any atom is -0.274 e. The first-order valence-electron chi connectivity index (χ1n) is 9.83. The molecule has 4 aromatic rings. The minimum absolute atomic E-state index is 0.183. The molecule has 0 saturated heterocycles. The van der Waals surface area contributed by atoms with Gasteiger partial charge in [0.2, 0.25) is 0 Å². The highest BCUT2D eigenvalue weighted by Crippen LogP contribution is 2.23. The molecule has 0 aliphatic carbocycles. The highest BCUT2D eigenvalue weighted by molar-refractivity contribution is 7.99. The molecule has 0 aliphatic heterocycles. The predicted octanol–water partition coefficient (Wildman–Crippen LogP) is 4.10. The van der Waals surface area contributed by atoms with E-state index < -0.39 is 0 Å². The Labute approximate surface area is 185 Å². The lowest BCUT2D eigenvalue weighted by Gasteiger charge is -2.10. The van der Waals surface area contributed by atoms with Gasteiger partial charge in [0.05, 0.1) is 12.0 Å². The largest absolute Gasteiger partial charge is 0.274 e. The average molecular weight is 428 g/mol. The van der Waals surface area contributed by atoms with E-state index >= 15 is 0 Å². The number of benzene rings is 3. The zero-order chi connectivity index (χ0) is 21.3. The second-order valence-corrected chi connectivity index (χ2v) is 7.67. The quantitative estimate of drug-likeness (QED) is 0.261. The van der Waals surface area contributed by atoms with Crippen LogP contribution in [0.2, 0.25) is 0 Å². The van der Waals surface area contributed by atoms with Crippen molar-refractivity contribution >= 4 is 23.9 Å². The molecule has 0 unspecified atom stereocenters. The second-order valence-electron chi connectivity index (χ2n) is 6.72. The molecule has 31 heavy (non-hydrogen) atoms. The lowest BCUT2D eigenvalue weighted by atomic mass is 10.1. The standard InChI is InChI=1S/C24H21N5OS/c30-23(27-25-17-20-12-6-2-7-13-20)18-31-24-28-26-22(16-19-10-4-1-5-11-19)29(24)21-14-8-3-9-15-21/h1-15,17H,16,18H2,(H,27,30)/b25-17+. The number of hydrogen-bond donors (Lipinski definition) is 1. The molecule has 1 heterocycles. The van der Waals surface area contributed by atoms with E-state index in [-0.39, 0.29) is 11.7 Å². The number of carbonyl (C=O) groups excluding carboxylic acids is 1. The zero-order valence-electron chi connectivity index (χ0n) is 16.8. The number of rotatable bonds is 8. The molecule has 3 aromatic carbocycles. The van der Waals surface area contributed by atoms with Crippen molar-refractivity contribution in [1.29, 1.82) is 0 Å². The number of hydrogen-bond acceptors (Lipinski definition) is 5. The molecule has 0 fully saturated rings. The van der Waals surface area contributed by atoms with Gasteiger partial charge in [-0.05, 0) is 23.3 Å². The van der Waals surface area contributed by atoms with Crippen LogP contribution in [-0.4, -0.2) is 32.6 Å². The normalized spacial score (nSPS) is 11.0. The molecule has 0 saturated carbocycles. The van der Waals surface area contributed by atoms with Crippen LogP contribution in [0.3, 0.4) is 0 Å². The number of para-hydroxylation sites is 1. The zero-order valence-corrected chi connectivity index (χ0v) is 17.6. The number of carbonyl (C=O) groups is 1. The molecule has 1 aromatic heterocycles. The van der Waals surface area contributed by atoms with Crippen LogP contribution in [0.1, 0.15) is 17.0 Å². The minimum atomic E-state index is -0.204. The van der Waals surface area contributed by atoms with E-state index in [9.17, 15) is 4.79 Å². The third-order valence-corrected chi connectivity index (χ3v) is 5.38. The molecular weight excluding hydrogens is 406 g/mol. The number of hydrazone groups is 1. The van der Waals surface area contributed by atoms with Crippen molar-refractivity contribution in [3.8, 4) is 5.69 Å². The molecule has 0 aliphatic rings. The monoisotopic (exact) mass is 427 g/mol. The van der Waals surface area contributed by atoms with Crippen LogP contribution in [0.5, 0.6) is 0 Å². The summed E-state index contributed by atoms with van der Waals surface area (Å²) in [5.41, 5.74) is 5.59. The van der Waals surface area contributed by atoms with Crippen LogP contribution in [0.25, 0.3) is 5.69 Å². The van der Waals surface area contributed by atoms with Crippen LogP contribution in [-0.2, 0) is 11.2 Å². The SMILES string of the molecule is O=C(CSc1nnc(Cc2ccccc2)n1-c1ccccc1)N/N=C/c1ccccc1. The summed E-state index contributed by atoms with van der Waals surface area (Å²) in [6.45, 7) is 0. The van der Waals surface area contributed by atoms with Crippen molar-refractivity contribution in [2.45, 2.75) is 11.6 Å². The number of nitrogens with one attached hydrogen (secondary N) is 1. The molecule has 1 N–H and O–H groups in total. The van der Waals surface area contributed by atoms with E-state index in [1.165, 1.54) is 11.8 Å². The van der Waals surface area contributed by atoms with Gasteiger partial charge in [-0.15, -0.1) is 10.2 Å². The van der Waals surface area contributed by atoms with Crippen molar-refractivity contribution in [1.82, 2.24) is 20.2 Å². The van der Waals surface area contributed by atoms with Gasteiger partial charge in [-0.1, -0.05) is 90.6 Å². The first kappa shape index (κ1) is 20.6. The average Bonchev–Trinajstić information content (AvgIpc) is 3.22. The van der Waals surface area contributed by atoms with Gasteiger partial charge in [-0.25, -0.2) is 5.43 Å². The number of amides is 1. The van der Waals surface area contributed by atoms with Gasteiger partial charge in [-0.3, -0.25) is 9.36 Å². The second kappa shape index (κ2) is 10.4. The summed E-state index contributed by atoms with van der Waals surface area (Å²) in [5, 5.41) is 13.4. The summed E-state index contributed by atoms with van der Waals surface area (Å²) in [5.74, 6) is 0.800. The van der Waals surface area contributed by atoms with Gasteiger partial charge in [-0.2, -0.15) is 5.10 Å². The summed E-state index contributed by atoms with van der Waals surface area (Å²) in [6, 6.07) is 29.7. The van der Waals surface area contributed by atoms with Crippen LogP contribution in [0.15, 0.2) is 101 Å². The molecule has 0 bridgehead atoms. The Balaban J connectivity index is 1.46. The summed E-state index contributed by atoms with van der Waals surface area (Å²) in [7, 11) is 0. The molecule has 0 radical (unpaired) electrons. The fourth-order valence-corrected chi connectivity index (χ4v) is 3.77. The van der Waals surface area contributed by atoms with Gasteiger partial charge >= 0.3 is 0 Å². The van der Waals surface area contributed by atoms with Crippen molar-refractivity contribution < 1.29 is 4.79 Å². The van der Waals surface area contributed by atoms with Crippen molar-refractivity contribution in [2.75, 3.05) is 5.75 Å². The fourth-order valence-electron chi connectivity index (χ4n) is 3.00. The number of aromatic nitrogens is 3. The first-order chi connectivity index (χ1) is 15.3. The molecule has 1 amide bonds. The molecule has 0 spiro atoms. The molecule has 7 heteroatoms. The summed E-state index contributed by atoms with van der Waals surface area (Å²) >= 11 is 1.33. The maximum atomic E-state index is 12.2. The predicted molar refractivity (Wildman–Crippen MR) is 124 cm³/mol. The summed E-state index contributed by atoms with van der Waals surface area (Å²) < 4.78 is 2.00. The van der Waals surface area contributed by atoms with E-state index in [2.05, 4.69) is 32.9 Å². The van der Waals surface area contributed by atoms with Crippen LogP contribution < -0.4 is 5.43 Å². The van der Waals surface area contributed by atoms with Gasteiger partial charge < -0.3 is 0 Å². The third kappa shape index (κ3) is 5.67. The molecule has 6 nitrogen and oxygen atoms in total. The van der Waals surface area contributed by atoms with Gasteiger partial charge in [0, 0.05) is 12.1 Å². The third-order valence-electron chi connectivity index (χ3n) is 4.45. The van der Waals surface area contributed by atoms with Gasteiger partial charge in [0.25, 0.3) is 5.91 Å². The van der Waals surface area contributed by atoms with Crippen LogP contribution in [0, 0.1) is 0 Å². The number of thioether (sulfide) groups is 1. The Morgan fingerprint density at radius 1 is 0.903 bits per heavy atom. The smallest absolute Gasteiger partial charge is 0.250 e. The Morgan fingerprint density at radius 2 is 1.55 bits per heavy atom. The Bertz CT molecular complexity index is 1140. The van der Waals surface area contributed by atoms with E-state index in [1.807, 2.05) is 83.4 Å². The van der Waals surface area contributed by atoms with E-state index in [4.69, 9.17) is 0 Å². The topological polar surface area (TPSA) is 72.2 Å². The maximum absolute atomic E-state index is 12.2. The van der Waals surface area contributed by atoms with Crippen LogP contribution >= 0.6 is 11.8 Å². The maximum Gasteiger partial charge on any atom is 0.250 e. The lowest BCUT2D eigenvalue weighted by molar-refractivity contribution is -0.118. The Hall–Kier alpha value is -3.71. The van der Waals surface area contributed by atoms with Gasteiger partial charge in [0.15, 0.2) is 5.16 Å². The number of nitrogens with zero attached hydrogens (tertiary/aromatic N) is 4. The summed E-state index contributed by atoms with van der Waals surface area (Å²) in [4.78, 5) is 12.2. The molecule has 0 atom stereocenters. The van der Waals surface area contributed by atoms with Gasteiger partial charge in [0.1, 0.15) is 5.82 Å². The van der Waals surface area contributed by atoms with E-state index in [1.54, 1.807) is 6.21 Å². The Kier molecular flexibility index (Phi) is 6.87. The first-order valence-corrected chi connectivity index (χ1v) is 10.8. The summed E-state index contributed by atoms with van der Waals surface area (Å²) in [6.07, 6.45) is 2.27. The van der Waals surface area contributed by atoms with Crippen molar-refractivity contribution in [2.24, 2.45) is 5.10 Å². The molecular formula is C24H21N5OS.